The van der Waals surface area contributed by atoms with Gasteiger partial charge >= 0.3 is 12.2 Å². The van der Waals surface area contributed by atoms with Gasteiger partial charge in [0.15, 0.2) is 0 Å². The van der Waals surface area contributed by atoms with Crippen LogP contribution in [0, 0.1) is 0 Å². The Balaban J connectivity index is 0.000000353. The van der Waals surface area contributed by atoms with Crippen LogP contribution in [0.15, 0.2) is 24.0 Å². The van der Waals surface area contributed by atoms with Crippen molar-refractivity contribution in [1.82, 2.24) is 34.5 Å². The van der Waals surface area contributed by atoms with Gasteiger partial charge in [0.25, 0.3) is 5.91 Å². The zero-order chi connectivity index (χ0) is 35.0. The number of aryl methyl sites for hydroxylation is 1. The summed E-state index contributed by atoms with van der Waals surface area (Å²) in [5.74, 6) is 0.908. The van der Waals surface area contributed by atoms with E-state index in [-0.39, 0.29) is 42.0 Å². The third-order valence-electron chi connectivity index (χ3n) is 9.15. The Hall–Kier alpha value is -4.02. The predicted molar refractivity (Wildman–Crippen MR) is 173 cm³/mol. The monoisotopic (exact) mass is 707 g/mol. The van der Waals surface area contributed by atoms with Crippen molar-refractivity contribution in [3.63, 3.8) is 0 Å². The summed E-state index contributed by atoms with van der Waals surface area (Å²) in [6, 6.07) is 3.06. The van der Waals surface area contributed by atoms with Crippen LogP contribution >= 0.6 is 11.6 Å². The van der Waals surface area contributed by atoms with Crippen molar-refractivity contribution in [2.24, 2.45) is 0 Å². The largest absolute Gasteiger partial charge is 0.467 e. The van der Waals surface area contributed by atoms with Crippen molar-refractivity contribution in [3.8, 4) is 6.01 Å². The van der Waals surface area contributed by atoms with Crippen molar-refractivity contribution in [1.29, 1.82) is 0 Å². The third-order valence-corrected chi connectivity index (χ3v) is 9.45. The standard InChI is InChI=1S/C24H26ClF3N8O3.C8H12FN/c1-34(2)22(37)20-31-18-10-35(5-4-6-36(18)33-20)21-14-11-39-17(9-16(14)30-23(32-21)38-3)13-7-12(29)8-15(25)19(13)24(26,27)28;9-5-7-4-8-2-1-3-10(8)6-7/h7-8,17H,4-6,9-11,29H2,1-3H3;5,8H,1-4,6H2/b;7-5-. The fourth-order valence-corrected chi connectivity index (χ4v) is 7.17. The molecule has 1 aromatic carbocycles. The highest BCUT2D eigenvalue weighted by Gasteiger charge is 2.40. The molecule has 0 radical (unpaired) electrons. The molecule has 0 aliphatic carbocycles. The first-order chi connectivity index (χ1) is 23.4. The third kappa shape index (κ3) is 7.31. The van der Waals surface area contributed by atoms with Crippen LogP contribution in [-0.2, 0) is 37.0 Å². The van der Waals surface area contributed by atoms with Crippen LogP contribution in [0.5, 0.6) is 6.01 Å². The van der Waals surface area contributed by atoms with E-state index in [4.69, 9.17) is 26.8 Å². The molecule has 2 saturated heterocycles. The molecule has 2 aromatic heterocycles. The Bertz CT molecular complexity index is 1740. The fraction of sp³-hybridized carbons (Fsp3) is 0.531. The molecule has 0 bridgehead atoms. The number of hydrogen-bond acceptors (Lipinski definition) is 10. The zero-order valence-corrected chi connectivity index (χ0v) is 28.2. The normalized spacial score (nSPS) is 21.4. The molecule has 1 amide bonds. The smallest absolute Gasteiger partial charge is 0.418 e. The number of nitrogens with two attached hydrogens (primary N) is 1. The lowest BCUT2D eigenvalue weighted by Gasteiger charge is -2.31. The number of halogens is 5. The Morgan fingerprint density at radius 1 is 1.12 bits per heavy atom. The summed E-state index contributed by atoms with van der Waals surface area (Å²) in [5.41, 5.74) is 6.91. The lowest BCUT2D eigenvalue weighted by molar-refractivity contribution is -0.139. The molecule has 17 heteroatoms. The number of anilines is 2. The summed E-state index contributed by atoms with van der Waals surface area (Å²) in [5, 5.41) is 3.87. The second-order valence-corrected chi connectivity index (χ2v) is 13.1. The molecule has 3 aromatic rings. The van der Waals surface area contributed by atoms with Crippen molar-refractivity contribution < 1.29 is 31.8 Å². The van der Waals surface area contributed by atoms with Gasteiger partial charge in [0.1, 0.15) is 11.6 Å². The highest BCUT2D eigenvalue weighted by molar-refractivity contribution is 6.31. The molecule has 0 spiro atoms. The van der Waals surface area contributed by atoms with E-state index in [1.54, 1.807) is 18.8 Å². The first-order valence-corrected chi connectivity index (χ1v) is 16.4. The number of nitrogen functional groups attached to an aromatic ring is 1. The molecule has 2 unspecified atom stereocenters. The number of benzene rings is 1. The minimum absolute atomic E-state index is 0.0234. The van der Waals surface area contributed by atoms with Gasteiger partial charge in [-0.15, -0.1) is 5.10 Å². The van der Waals surface area contributed by atoms with Gasteiger partial charge in [0.2, 0.25) is 5.82 Å². The van der Waals surface area contributed by atoms with E-state index >= 15 is 0 Å². The Labute approximate surface area is 285 Å². The molecule has 264 valence electrons. The Morgan fingerprint density at radius 2 is 1.92 bits per heavy atom. The van der Waals surface area contributed by atoms with Crippen LogP contribution < -0.4 is 15.4 Å². The number of amides is 1. The van der Waals surface area contributed by atoms with E-state index in [2.05, 4.69) is 25.0 Å². The topological polar surface area (TPSA) is 128 Å². The SMILES string of the molecule is COc1nc2c(c(N3CCCn4nc(C(=O)N(C)C)nc4C3)n1)COC(c1cc(N)cc(Cl)c1C(F)(F)F)C2.F/C=C1/CC2CCCN2C1. The van der Waals surface area contributed by atoms with Gasteiger partial charge in [-0.1, -0.05) is 11.6 Å². The van der Waals surface area contributed by atoms with Crippen LogP contribution in [0.2, 0.25) is 5.02 Å². The molecule has 2 N–H and O–H groups in total. The number of rotatable bonds is 4. The Kier molecular flexibility index (Phi) is 10.0. The van der Waals surface area contributed by atoms with E-state index in [1.807, 2.05) is 4.90 Å². The maximum atomic E-state index is 13.9. The second kappa shape index (κ2) is 14.1. The highest BCUT2D eigenvalue weighted by Crippen LogP contribution is 2.44. The van der Waals surface area contributed by atoms with Gasteiger partial charge in [-0.2, -0.15) is 23.1 Å². The molecule has 4 aliphatic heterocycles. The number of ether oxygens (including phenoxy) is 2. The average molecular weight is 708 g/mol. The molecule has 49 heavy (non-hydrogen) atoms. The summed E-state index contributed by atoms with van der Waals surface area (Å²) >= 11 is 5.96. The van der Waals surface area contributed by atoms with Crippen LogP contribution in [0.4, 0.5) is 29.1 Å². The molecular formula is C32H38ClF4N9O3. The summed E-state index contributed by atoms with van der Waals surface area (Å²) < 4.78 is 66.7. The molecular weight excluding hydrogens is 670 g/mol. The molecule has 2 fully saturated rings. The van der Waals surface area contributed by atoms with Crippen LogP contribution in [0.3, 0.4) is 0 Å². The van der Waals surface area contributed by atoms with Crippen molar-refractivity contribution in [3.05, 3.63) is 63.1 Å². The number of fused-ring (bicyclic) bond motifs is 3. The number of alkyl halides is 3. The lowest BCUT2D eigenvalue weighted by atomic mass is 9.94. The van der Waals surface area contributed by atoms with E-state index in [0.29, 0.717) is 55.0 Å². The van der Waals surface area contributed by atoms with Gasteiger partial charge in [0.05, 0.1) is 49.0 Å². The number of aromatic nitrogens is 5. The first-order valence-electron chi connectivity index (χ1n) is 16.0. The number of carbonyl (C=O) groups is 1. The van der Waals surface area contributed by atoms with E-state index in [1.165, 1.54) is 37.5 Å². The maximum absolute atomic E-state index is 13.9. The summed E-state index contributed by atoms with van der Waals surface area (Å²) in [7, 11) is 4.67. The predicted octanol–water partition coefficient (Wildman–Crippen LogP) is 4.97. The lowest BCUT2D eigenvalue weighted by Crippen LogP contribution is -2.29. The maximum Gasteiger partial charge on any atom is 0.418 e. The fourth-order valence-electron chi connectivity index (χ4n) is 6.83. The number of nitrogens with zero attached hydrogens (tertiary/aromatic N) is 8. The molecule has 0 saturated carbocycles. The van der Waals surface area contributed by atoms with Gasteiger partial charge < -0.3 is 25.0 Å². The average Bonchev–Trinajstić information content (AvgIpc) is 3.74. The highest BCUT2D eigenvalue weighted by atomic mass is 35.5. The van der Waals surface area contributed by atoms with Crippen LogP contribution in [0.25, 0.3) is 0 Å². The van der Waals surface area contributed by atoms with Crippen LogP contribution in [-0.4, -0.2) is 87.3 Å². The van der Waals surface area contributed by atoms with Crippen LogP contribution in [0.1, 0.15) is 70.6 Å². The first kappa shape index (κ1) is 34.8. The minimum atomic E-state index is -4.70. The van der Waals surface area contributed by atoms with Gasteiger partial charge in [-0.25, -0.2) is 14.1 Å². The zero-order valence-electron chi connectivity index (χ0n) is 27.4. The van der Waals surface area contributed by atoms with Gasteiger partial charge in [-0.3, -0.25) is 9.69 Å². The summed E-state index contributed by atoms with van der Waals surface area (Å²) in [6.45, 7) is 3.46. The number of methoxy groups -OCH3 is 1. The van der Waals surface area contributed by atoms with Crippen molar-refractivity contribution >= 4 is 29.0 Å². The quantitative estimate of drug-likeness (QED) is 0.294. The van der Waals surface area contributed by atoms with Crippen molar-refractivity contribution in [2.75, 3.05) is 51.5 Å². The van der Waals surface area contributed by atoms with Gasteiger partial charge in [0, 0.05) is 57.4 Å². The second-order valence-electron chi connectivity index (χ2n) is 12.7. The number of carbonyl (C=O) groups excluding carboxylic acids is 1. The molecule has 12 nitrogen and oxygen atoms in total. The summed E-state index contributed by atoms with van der Waals surface area (Å²) in [4.78, 5) is 31.6. The van der Waals surface area contributed by atoms with Gasteiger partial charge in [-0.05, 0) is 55.5 Å². The van der Waals surface area contributed by atoms with E-state index in [9.17, 15) is 22.4 Å². The van der Waals surface area contributed by atoms with E-state index in [0.717, 1.165) is 30.9 Å². The number of hydrogen-bond donors (Lipinski definition) is 1. The molecule has 2 atom stereocenters. The Morgan fingerprint density at radius 3 is 2.61 bits per heavy atom. The van der Waals surface area contributed by atoms with Crippen molar-refractivity contribution in [2.45, 2.75) is 70.1 Å². The summed E-state index contributed by atoms with van der Waals surface area (Å²) in [6.07, 6.45) is -0.624. The molecule has 4 aliphatic rings. The molecule has 7 rings (SSSR count). The minimum Gasteiger partial charge on any atom is -0.467 e. The van der Waals surface area contributed by atoms with E-state index < -0.39 is 22.9 Å². The molecule has 6 heterocycles.